The molecule has 0 radical (unpaired) electrons. The van der Waals surface area contributed by atoms with E-state index in [4.69, 9.17) is 4.74 Å². The predicted octanol–water partition coefficient (Wildman–Crippen LogP) is 3.81. The van der Waals surface area contributed by atoms with E-state index in [0.29, 0.717) is 30.1 Å². The fourth-order valence-electron chi connectivity index (χ4n) is 3.13. The van der Waals surface area contributed by atoms with Gasteiger partial charge in [-0.2, -0.15) is 14.4 Å². The van der Waals surface area contributed by atoms with Gasteiger partial charge in [-0.25, -0.2) is 9.37 Å². The Morgan fingerprint density at radius 1 is 1.12 bits per heavy atom. The Kier molecular flexibility index (Phi) is 4.75. The third-order valence-corrected chi connectivity index (χ3v) is 4.48. The number of ether oxygens (including phenoxy) is 1. The average molecular weight is 359 g/mol. The van der Waals surface area contributed by atoms with Crippen LogP contribution in [0, 0.1) is 11.9 Å². The standard InChI is InChI=1S/C18H19F2N5O/c19-13-7-5-12(6-8-13)10-21-16-15-17(24-18(20)23-16)25(11-22-15)14-4-2-1-3-9-26-14/h5-8,11,14H,1-4,9-10H2,(H,21,23,24). The van der Waals surface area contributed by atoms with Gasteiger partial charge in [0.2, 0.25) is 0 Å². The van der Waals surface area contributed by atoms with Crippen LogP contribution in [0.25, 0.3) is 11.2 Å². The van der Waals surface area contributed by atoms with Gasteiger partial charge in [0.25, 0.3) is 0 Å². The van der Waals surface area contributed by atoms with Crippen LogP contribution in [0.4, 0.5) is 14.6 Å². The van der Waals surface area contributed by atoms with Gasteiger partial charge in [0, 0.05) is 13.2 Å². The molecule has 0 aliphatic carbocycles. The highest BCUT2D eigenvalue weighted by molar-refractivity contribution is 5.82. The molecule has 1 aliphatic rings. The van der Waals surface area contributed by atoms with Crippen molar-refractivity contribution in [1.82, 2.24) is 19.5 Å². The molecule has 0 bridgehead atoms. The van der Waals surface area contributed by atoms with Crippen molar-refractivity contribution in [3.8, 4) is 0 Å². The zero-order valence-electron chi connectivity index (χ0n) is 14.2. The van der Waals surface area contributed by atoms with E-state index >= 15 is 0 Å². The zero-order chi connectivity index (χ0) is 17.9. The number of aromatic nitrogens is 4. The number of hydrogen-bond acceptors (Lipinski definition) is 5. The number of nitrogens with zero attached hydrogens (tertiary/aromatic N) is 4. The Hall–Kier alpha value is -2.61. The molecule has 26 heavy (non-hydrogen) atoms. The maximum atomic E-state index is 14.0. The lowest BCUT2D eigenvalue weighted by atomic mass is 10.2. The molecule has 1 fully saturated rings. The highest BCUT2D eigenvalue weighted by atomic mass is 19.1. The fraction of sp³-hybridized carbons (Fsp3) is 0.389. The maximum Gasteiger partial charge on any atom is 0.312 e. The highest BCUT2D eigenvalue weighted by Gasteiger charge is 2.20. The van der Waals surface area contributed by atoms with Crippen LogP contribution in [-0.2, 0) is 11.3 Å². The maximum absolute atomic E-state index is 14.0. The van der Waals surface area contributed by atoms with Crippen LogP contribution < -0.4 is 5.32 Å². The number of nitrogens with one attached hydrogen (secondary N) is 1. The normalized spacial score (nSPS) is 18.0. The number of fused-ring (bicyclic) bond motifs is 1. The Morgan fingerprint density at radius 3 is 2.81 bits per heavy atom. The Morgan fingerprint density at radius 2 is 1.96 bits per heavy atom. The zero-order valence-corrected chi connectivity index (χ0v) is 14.2. The van der Waals surface area contributed by atoms with E-state index in [1.54, 1.807) is 23.0 Å². The lowest BCUT2D eigenvalue weighted by molar-refractivity contribution is 0.00928. The number of rotatable bonds is 4. The van der Waals surface area contributed by atoms with Crippen molar-refractivity contribution in [2.24, 2.45) is 0 Å². The van der Waals surface area contributed by atoms with Crippen molar-refractivity contribution in [3.05, 3.63) is 48.1 Å². The summed E-state index contributed by atoms with van der Waals surface area (Å²) < 4.78 is 34.6. The first-order chi connectivity index (χ1) is 12.7. The van der Waals surface area contributed by atoms with Gasteiger partial charge in [0.05, 0.1) is 6.33 Å². The number of anilines is 1. The molecule has 0 amide bonds. The van der Waals surface area contributed by atoms with E-state index in [1.165, 1.54) is 12.1 Å². The second-order valence-electron chi connectivity index (χ2n) is 6.32. The highest BCUT2D eigenvalue weighted by Crippen LogP contribution is 2.27. The summed E-state index contributed by atoms with van der Waals surface area (Å²) in [4.78, 5) is 12.1. The largest absolute Gasteiger partial charge is 0.364 e. The lowest BCUT2D eigenvalue weighted by Gasteiger charge is -2.16. The van der Waals surface area contributed by atoms with E-state index in [0.717, 1.165) is 31.2 Å². The minimum atomic E-state index is -0.825. The average Bonchev–Trinajstić information content (AvgIpc) is 2.88. The topological polar surface area (TPSA) is 64.9 Å². The molecule has 1 unspecified atom stereocenters. The van der Waals surface area contributed by atoms with Crippen LogP contribution in [-0.4, -0.2) is 26.1 Å². The first kappa shape index (κ1) is 16.8. The molecule has 0 spiro atoms. The molecule has 2 aromatic heterocycles. The second-order valence-corrected chi connectivity index (χ2v) is 6.32. The molecule has 3 heterocycles. The Labute approximate surface area is 149 Å². The van der Waals surface area contributed by atoms with E-state index in [9.17, 15) is 8.78 Å². The van der Waals surface area contributed by atoms with Gasteiger partial charge in [-0.05, 0) is 37.0 Å². The van der Waals surface area contributed by atoms with Crippen LogP contribution in [0.5, 0.6) is 0 Å². The van der Waals surface area contributed by atoms with Gasteiger partial charge in [-0.1, -0.05) is 18.6 Å². The van der Waals surface area contributed by atoms with E-state index in [-0.39, 0.29) is 12.0 Å². The number of halogens is 2. The van der Waals surface area contributed by atoms with E-state index in [1.807, 2.05) is 0 Å². The van der Waals surface area contributed by atoms with Gasteiger partial charge in [-0.3, -0.25) is 4.57 Å². The molecule has 8 heteroatoms. The summed E-state index contributed by atoms with van der Waals surface area (Å²) in [5, 5.41) is 3.06. The molecule has 1 aliphatic heterocycles. The van der Waals surface area contributed by atoms with Crippen LogP contribution in [0.3, 0.4) is 0 Å². The van der Waals surface area contributed by atoms with Crippen molar-refractivity contribution >= 4 is 17.0 Å². The molecule has 3 aromatic rings. The number of benzene rings is 1. The van der Waals surface area contributed by atoms with E-state index in [2.05, 4.69) is 20.3 Å². The molecule has 0 saturated carbocycles. The molecular formula is C18H19F2N5O. The first-order valence-corrected chi connectivity index (χ1v) is 8.71. The molecule has 1 N–H and O–H groups in total. The van der Waals surface area contributed by atoms with Gasteiger partial charge < -0.3 is 10.1 Å². The summed E-state index contributed by atoms with van der Waals surface area (Å²) in [6, 6.07) is 6.08. The summed E-state index contributed by atoms with van der Waals surface area (Å²) in [6.45, 7) is 1.05. The molecule has 1 aromatic carbocycles. The van der Waals surface area contributed by atoms with Crippen molar-refractivity contribution < 1.29 is 13.5 Å². The van der Waals surface area contributed by atoms with Crippen LogP contribution in [0.15, 0.2) is 30.6 Å². The van der Waals surface area contributed by atoms with Crippen molar-refractivity contribution in [2.75, 3.05) is 11.9 Å². The van der Waals surface area contributed by atoms with Crippen LogP contribution in [0.2, 0.25) is 0 Å². The van der Waals surface area contributed by atoms with Gasteiger partial charge >= 0.3 is 6.08 Å². The summed E-state index contributed by atoms with van der Waals surface area (Å²) in [5.74, 6) is 0.00978. The lowest BCUT2D eigenvalue weighted by Crippen LogP contribution is -2.12. The first-order valence-electron chi connectivity index (χ1n) is 8.71. The quantitative estimate of drug-likeness (QED) is 0.718. The van der Waals surface area contributed by atoms with Crippen LogP contribution in [0.1, 0.15) is 37.5 Å². The van der Waals surface area contributed by atoms with Crippen molar-refractivity contribution in [2.45, 2.75) is 38.5 Å². The second kappa shape index (κ2) is 7.33. The number of imidazole rings is 1. The van der Waals surface area contributed by atoms with Crippen molar-refractivity contribution in [3.63, 3.8) is 0 Å². The minimum Gasteiger partial charge on any atom is -0.364 e. The SMILES string of the molecule is Fc1ccc(CNc2nc(F)nc3c2ncn3C2CCCCCO2)cc1. The van der Waals surface area contributed by atoms with Gasteiger partial charge in [0.15, 0.2) is 17.0 Å². The molecule has 4 rings (SSSR count). The molecular weight excluding hydrogens is 340 g/mol. The Balaban J connectivity index is 1.61. The molecule has 6 nitrogen and oxygen atoms in total. The minimum absolute atomic E-state index is 0.193. The fourth-order valence-corrected chi connectivity index (χ4v) is 3.13. The molecule has 1 saturated heterocycles. The van der Waals surface area contributed by atoms with Crippen molar-refractivity contribution in [1.29, 1.82) is 0 Å². The third kappa shape index (κ3) is 3.50. The summed E-state index contributed by atoms with van der Waals surface area (Å²) in [6.07, 6.45) is 4.64. The van der Waals surface area contributed by atoms with E-state index < -0.39 is 6.08 Å². The Bertz CT molecular complexity index is 888. The smallest absolute Gasteiger partial charge is 0.312 e. The summed E-state index contributed by atoms with van der Waals surface area (Å²) in [5.41, 5.74) is 1.75. The molecule has 1 atom stereocenters. The molecule has 136 valence electrons. The number of hydrogen-bond donors (Lipinski definition) is 1. The van der Waals surface area contributed by atoms with Gasteiger partial charge in [-0.15, -0.1) is 0 Å². The summed E-state index contributed by atoms with van der Waals surface area (Å²) >= 11 is 0. The van der Waals surface area contributed by atoms with Gasteiger partial charge in [0.1, 0.15) is 12.0 Å². The summed E-state index contributed by atoms with van der Waals surface area (Å²) in [7, 11) is 0. The predicted molar refractivity (Wildman–Crippen MR) is 92.5 cm³/mol. The monoisotopic (exact) mass is 359 g/mol. The van der Waals surface area contributed by atoms with Crippen LogP contribution >= 0.6 is 0 Å². The third-order valence-electron chi connectivity index (χ3n) is 4.48.